The van der Waals surface area contributed by atoms with Crippen molar-refractivity contribution >= 4 is 16.8 Å². The summed E-state index contributed by atoms with van der Waals surface area (Å²) >= 11 is 0. The molecule has 4 unspecified atom stereocenters. The summed E-state index contributed by atoms with van der Waals surface area (Å²) in [5.74, 6) is 1.63. The van der Waals surface area contributed by atoms with Crippen molar-refractivity contribution in [3.05, 3.63) is 0 Å². The van der Waals surface area contributed by atoms with Gasteiger partial charge in [0.25, 0.3) is 0 Å². The molecule has 1 saturated carbocycles. The van der Waals surface area contributed by atoms with Gasteiger partial charge in [0.2, 0.25) is 0 Å². The predicted octanol–water partition coefficient (Wildman–Crippen LogP) is 1.66. The fourth-order valence-corrected chi connectivity index (χ4v) is 4.63. The lowest BCUT2D eigenvalue weighted by Gasteiger charge is -2.31. The molecule has 1 saturated heterocycles. The first kappa shape index (κ1) is 17.7. The van der Waals surface area contributed by atoms with Crippen molar-refractivity contribution < 1.29 is 8.95 Å². The number of hydrogen-bond acceptors (Lipinski definition) is 3. The highest BCUT2D eigenvalue weighted by Crippen LogP contribution is 2.26. The van der Waals surface area contributed by atoms with Gasteiger partial charge >= 0.3 is 0 Å². The van der Waals surface area contributed by atoms with Gasteiger partial charge in [-0.1, -0.05) is 20.3 Å². The lowest BCUT2D eigenvalue weighted by atomic mass is 9.90. The predicted molar refractivity (Wildman–Crippen MR) is 92.8 cm³/mol. The third-order valence-corrected chi connectivity index (χ3v) is 6.57. The third kappa shape index (κ3) is 4.95. The summed E-state index contributed by atoms with van der Waals surface area (Å²) in [5.41, 5.74) is 0.205. The summed E-state index contributed by atoms with van der Waals surface area (Å²) < 4.78 is 17.5. The van der Waals surface area contributed by atoms with E-state index in [0.717, 1.165) is 63.6 Å². The van der Waals surface area contributed by atoms with E-state index in [1.54, 1.807) is 0 Å². The number of rotatable bonds is 5. The Morgan fingerprint density at radius 3 is 2.91 bits per heavy atom. The fourth-order valence-electron chi connectivity index (χ4n) is 3.28. The molecule has 2 rings (SSSR count). The van der Waals surface area contributed by atoms with Gasteiger partial charge in [0.15, 0.2) is 5.96 Å². The molecule has 1 aliphatic carbocycles. The van der Waals surface area contributed by atoms with Crippen LogP contribution >= 0.6 is 0 Å². The second-order valence-electron chi connectivity index (χ2n) is 6.84. The molecule has 0 amide bonds. The van der Waals surface area contributed by atoms with E-state index in [4.69, 9.17) is 4.74 Å². The monoisotopic (exact) mass is 329 g/mol. The molecule has 0 spiro atoms. The van der Waals surface area contributed by atoms with Crippen LogP contribution in [0.3, 0.4) is 0 Å². The molecule has 22 heavy (non-hydrogen) atoms. The highest BCUT2D eigenvalue weighted by atomic mass is 32.2. The van der Waals surface area contributed by atoms with Crippen LogP contribution in [0.25, 0.3) is 0 Å². The van der Waals surface area contributed by atoms with Crippen molar-refractivity contribution in [3.63, 3.8) is 0 Å². The summed E-state index contributed by atoms with van der Waals surface area (Å²) in [6.45, 7) is 6.82. The van der Waals surface area contributed by atoms with E-state index < -0.39 is 10.8 Å². The highest BCUT2D eigenvalue weighted by molar-refractivity contribution is 7.85. The molecule has 2 N–H and O–H groups in total. The second-order valence-corrected chi connectivity index (χ2v) is 8.84. The highest BCUT2D eigenvalue weighted by Gasteiger charge is 2.30. The minimum atomic E-state index is -0.680. The van der Waals surface area contributed by atoms with Gasteiger partial charge in [-0.05, 0) is 25.7 Å². The maximum absolute atomic E-state index is 12.0. The minimum absolute atomic E-state index is 0.205. The zero-order valence-corrected chi connectivity index (χ0v) is 15.0. The number of hydrogen-bond donors (Lipinski definition) is 2. The van der Waals surface area contributed by atoms with Crippen LogP contribution in [0.5, 0.6) is 0 Å². The quantitative estimate of drug-likeness (QED) is 0.595. The number of nitrogens with one attached hydrogen (secondary N) is 2. The van der Waals surface area contributed by atoms with E-state index in [9.17, 15) is 4.21 Å². The number of nitrogens with zero attached hydrogens (tertiary/aromatic N) is 1. The van der Waals surface area contributed by atoms with Gasteiger partial charge in [-0.2, -0.15) is 0 Å². The lowest BCUT2D eigenvalue weighted by molar-refractivity contribution is 0.160. The molecular weight excluding hydrogens is 298 g/mol. The Bertz CT molecular complexity index is 408. The third-order valence-electron chi connectivity index (χ3n) is 4.83. The Hall–Kier alpha value is -0.620. The molecule has 2 fully saturated rings. The van der Waals surface area contributed by atoms with E-state index in [1.165, 1.54) is 0 Å². The Labute approximate surface area is 137 Å². The molecule has 5 nitrogen and oxygen atoms in total. The molecule has 1 heterocycles. The van der Waals surface area contributed by atoms with E-state index >= 15 is 0 Å². The van der Waals surface area contributed by atoms with Gasteiger partial charge in [0.05, 0.1) is 6.61 Å². The molecule has 6 heteroatoms. The van der Waals surface area contributed by atoms with Gasteiger partial charge < -0.3 is 15.4 Å². The van der Waals surface area contributed by atoms with Crippen LogP contribution < -0.4 is 10.6 Å². The van der Waals surface area contributed by atoms with Crippen molar-refractivity contribution in [2.24, 2.45) is 10.4 Å². The van der Waals surface area contributed by atoms with Gasteiger partial charge in [-0.3, -0.25) is 9.20 Å². The Morgan fingerprint density at radius 2 is 2.27 bits per heavy atom. The zero-order chi connectivity index (χ0) is 16.0. The Balaban J connectivity index is 1.81. The maximum atomic E-state index is 12.0. The standard InChI is InChI=1S/C16H31N3O2S/c1-4-22(20)14-7-5-6-13(10-14)19-15(17-3)18-11-16(2)8-9-21-12-16/h13-14H,4-12H2,1-3H3,(H2,17,18,19). The normalized spacial score (nSPS) is 34.4. The SMILES string of the molecule is CCS(=O)C1CCCC(NC(=NC)NCC2(C)CCOC2)C1. The van der Waals surface area contributed by atoms with Crippen LogP contribution in [0.1, 0.15) is 46.0 Å². The molecule has 4 atom stereocenters. The van der Waals surface area contributed by atoms with Crippen LogP contribution in [0, 0.1) is 5.41 Å². The van der Waals surface area contributed by atoms with Crippen LogP contribution in [-0.4, -0.2) is 54.0 Å². The Morgan fingerprint density at radius 1 is 1.45 bits per heavy atom. The second kappa shape index (κ2) is 8.29. The summed E-state index contributed by atoms with van der Waals surface area (Å²) in [6.07, 6.45) is 5.47. The summed E-state index contributed by atoms with van der Waals surface area (Å²) in [7, 11) is 1.13. The fraction of sp³-hybridized carbons (Fsp3) is 0.938. The van der Waals surface area contributed by atoms with Crippen molar-refractivity contribution in [3.8, 4) is 0 Å². The van der Waals surface area contributed by atoms with Crippen LogP contribution in [0.2, 0.25) is 0 Å². The molecule has 0 aromatic rings. The van der Waals surface area contributed by atoms with E-state index in [1.807, 2.05) is 14.0 Å². The topological polar surface area (TPSA) is 62.7 Å². The van der Waals surface area contributed by atoms with Crippen LogP contribution in [0.15, 0.2) is 4.99 Å². The summed E-state index contributed by atoms with van der Waals surface area (Å²) in [4.78, 5) is 4.34. The number of aliphatic imine (C=N–C) groups is 1. The minimum Gasteiger partial charge on any atom is -0.381 e. The van der Waals surface area contributed by atoms with E-state index in [2.05, 4.69) is 22.5 Å². The average molecular weight is 330 g/mol. The molecule has 2 aliphatic rings. The van der Waals surface area contributed by atoms with Gasteiger partial charge in [-0.25, -0.2) is 0 Å². The first-order valence-electron chi connectivity index (χ1n) is 8.48. The van der Waals surface area contributed by atoms with Crippen molar-refractivity contribution in [1.29, 1.82) is 0 Å². The first-order valence-corrected chi connectivity index (χ1v) is 9.86. The molecule has 0 bridgehead atoms. The van der Waals surface area contributed by atoms with Crippen LogP contribution in [0.4, 0.5) is 0 Å². The summed E-state index contributed by atoms with van der Waals surface area (Å²) in [5, 5.41) is 7.30. The van der Waals surface area contributed by atoms with Gasteiger partial charge in [0.1, 0.15) is 0 Å². The Kier molecular flexibility index (Phi) is 6.68. The largest absolute Gasteiger partial charge is 0.381 e. The van der Waals surface area contributed by atoms with Crippen molar-refractivity contribution in [1.82, 2.24) is 10.6 Å². The van der Waals surface area contributed by atoms with Crippen molar-refractivity contribution in [2.45, 2.75) is 57.2 Å². The van der Waals surface area contributed by atoms with Gasteiger partial charge in [-0.15, -0.1) is 0 Å². The molecular formula is C16H31N3O2S. The zero-order valence-electron chi connectivity index (χ0n) is 14.2. The summed E-state index contributed by atoms with van der Waals surface area (Å²) in [6, 6.07) is 0.382. The number of guanidine groups is 1. The molecule has 0 aromatic carbocycles. The van der Waals surface area contributed by atoms with E-state index in [0.29, 0.717) is 11.3 Å². The first-order chi connectivity index (χ1) is 10.6. The molecule has 0 radical (unpaired) electrons. The maximum Gasteiger partial charge on any atom is 0.191 e. The van der Waals surface area contributed by atoms with Crippen molar-refractivity contribution in [2.75, 3.05) is 32.6 Å². The molecule has 128 valence electrons. The number of ether oxygens (including phenoxy) is 1. The lowest BCUT2D eigenvalue weighted by Crippen LogP contribution is -2.49. The molecule has 1 aliphatic heterocycles. The van der Waals surface area contributed by atoms with Gasteiger partial charge in [0, 0.05) is 53.5 Å². The smallest absolute Gasteiger partial charge is 0.191 e. The average Bonchev–Trinajstić information content (AvgIpc) is 2.98. The van der Waals surface area contributed by atoms with Crippen LogP contribution in [-0.2, 0) is 15.5 Å². The van der Waals surface area contributed by atoms with E-state index in [-0.39, 0.29) is 5.41 Å². The molecule has 0 aromatic heterocycles.